The molecule has 0 spiro atoms. The SMILES string of the molecule is CC(N)CCC(=O)N(C)C1CCOC1.Cl. The van der Waals surface area contributed by atoms with Gasteiger partial charge in [-0.2, -0.15) is 0 Å². The molecule has 2 N–H and O–H groups in total. The van der Waals surface area contributed by atoms with Crippen molar-refractivity contribution in [2.24, 2.45) is 5.73 Å². The number of carbonyl (C=O) groups excluding carboxylic acids is 1. The molecule has 1 heterocycles. The van der Waals surface area contributed by atoms with Gasteiger partial charge in [0, 0.05) is 26.1 Å². The van der Waals surface area contributed by atoms with Gasteiger partial charge in [-0.3, -0.25) is 4.79 Å². The predicted octanol–water partition coefficient (Wildman–Crippen LogP) is 0.783. The Labute approximate surface area is 97.5 Å². The zero-order chi connectivity index (χ0) is 10.6. The Kier molecular flexibility index (Phi) is 6.89. The van der Waals surface area contributed by atoms with Crippen molar-refractivity contribution >= 4 is 18.3 Å². The van der Waals surface area contributed by atoms with Crippen molar-refractivity contribution < 1.29 is 9.53 Å². The molecule has 5 heteroatoms. The smallest absolute Gasteiger partial charge is 0.222 e. The van der Waals surface area contributed by atoms with Crippen molar-refractivity contribution in [3.8, 4) is 0 Å². The second-order valence-electron chi connectivity index (χ2n) is 4.04. The number of ether oxygens (including phenoxy) is 1. The van der Waals surface area contributed by atoms with Crippen LogP contribution >= 0.6 is 12.4 Å². The molecule has 4 nitrogen and oxygen atoms in total. The normalized spacial score (nSPS) is 21.9. The fraction of sp³-hybridized carbons (Fsp3) is 0.900. The molecule has 0 saturated carbocycles. The summed E-state index contributed by atoms with van der Waals surface area (Å²) in [7, 11) is 1.85. The molecule has 1 aliphatic heterocycles. The fourth-order valence-electron chi connectivity index (χ4n) is 1.56. The summed E-state index contributed by atoms with van der Waals surface area (Å²) in [5.74, 6) is 0.179. The van der Waals surface area contributed by atoms with Crippen LogP contribution in [-0.4, -0.2) is 43.2 Å². The van der Waals surface area contributed by atoms with Gasteiger partial charge in [0.1, 0.15) is 0 Å². The molecule has 1 aliphatic rings. The van der Waals surface area contributed by atoms with E-state index in [0.29, 0.717) is 13.0 Å². The first kappa shape index (κ1) is 14.7. The van der Waals surface area contributed by atoms with Crippen molar-refractivity contribution in [2.75, 3.05) is 20.3 Å². The van der Waals surface area contributed by atoms with E-state index in [0.717, 1.165) is 19.4 Å². The summed E-state index contributed by atoms with van der Waals surface area (Å²) in [5, 5.41) is 0. The molecule has 0 aromatic rings. The third kappa shape index (κ3) is 4.82. The van der Waals surface area contributed by atoms with Gasteiger partial charge in [-0.1, -0.05) is 0 Å². The lowest BCUT2D eigenvalue weighted by molar-refractivity contribution is -0.132. The van der Waals surface area contributed by atoms with Crippen molar-refractivity contribution in [3.05, 3.63) is 0 Å². The van der Waals surface area contributed by atoms with Gasteiger partial charge < -0.3 is 15.4 Å². The summed E-state index contributed by atoms with van der Waals surface area (Å²) in [6.07, 6.45) is 2.27. The van der Waals surface area contributed by atoms with E-state index < -0.39 is 0 Å². The average Bonchev–Trinajstić information content (AvgIpc) is 2.65. The molecule has 15 heavy (non-hydrogen) atoms. The lowest BCUT2D eigenvalue weighted by atomic mass is 10.1. The number of halogens is 1. The molecule has 0 radical (unpaired) electrons. The third-order valence-corrected chi connectivity index (χ3v) is 2.66. The maximum atomic E-state index is 11.6. The number of hydrogen-bond donors (Lipinski definition) is 1. The van der Waals surface area contributed by atoms with Crippen molar-refractivity contribution in [3.63, 3.8) is 0 Å². The first-order chi connectivity index (χ1) is 6.61. The highest BCUT2D eigenvalue weighted by atomic mass is 35.5. The first-order valence-corrected chi connectivity index (χ1v) is 5.20. The molecule has 2 atom stereocenters. The second-order valence-corrected chi connectivity index (χ2v) is 4.04. The number of amides is 1. The molecule has 1 rings (SSSR count). The first-order valence-electron chi connectivity index (χ1n) is 5.20. The highest BCUT2D eigenvalue weighted by molar-refractivity contribution is 5.85. The van der Waals surface area contributed by atoms with Gasteiger partial charge in [-0.25, -0.2) is 0 Å². The average molecular weight is 237 g/mol. The summed E-state index contributed by atoms with van der Waals surface area (Å²) in [6.45, 7) is 3.38. The number of nitrogens with zero attached hydrogens (tertiary/aromatic N) is 1. The zero-order valence-electron chi connectivity index (χ0n) is 9.44. The van der Waals surface area contributed by atoms with Gasteiger partial charge in [0.05, 0.1) is 12.6 Å². The van der Waals surface area contributed by atoms with Crippen LogP contribution in [0.25, 0.3) is 0 Å². The number of likely N-dealkylation sites (N-methyl/N-ethyl adjacent to an activating group) is 1. The van der Waals surface area contributed by atoms with E-state index in [1.807, 2.05) is 14.0 Å². The second kappa shape index (κ2) is 7.04. The Hall–Kier alpha value is -0.320. The van der Waals surface area contributed by atoms with Crippen LogP contribution in [0.5, 0.6) is 0 Å². The summed E-state index contributed by atoms with van der Waals surface area (Å²) in [4.78, 5) is 13.5. The minimum Gasteiger partial charge on any atom is -0.379 e. The summed E-state index contributed by atoms with van der Waals surface area (Å²) in [6, 6.07) is 0.378. The van der Waals surface area contributed by atoms with E-state index in [4.69, 9.17) is 10.5 Å². The van der Waals surface area contributed by atoms with Gasteiger partial charge in [-0.05, 0) is 19.8 Å². The predicted molar refractivity (Wildman–Crippen MR) is 62.1 cm³/mol. The van der Waals surface area contributed by atoms with Crippen molar-refractivity contribution in [1.29, 1.82) is 0 Å². The molecule has 1 saturated heterocycles. The molecule has 1 amide bonds. The van der Waals surface area contributed by atoms with Crippen LogP contribution in [0.3, 0.4) is 0 Å². The highest BCUT2D eigenvalue weighted by Crippen LogP contribution is 2.12. The van der Waals surface area contributed by atoms with Gasteiger partial charge in [0.25, 0.3) is 0 Å². The Morgan fingerprint density at radius 1 is 1.67 bits per heavy atom. The maximum Gasteiger partial charge on any atom is 0.222 e. The fourth-order valence-corrected chi connectivity index (χ4v) is 1.56. The van der Waals surface area contributed by atoms with Gasteiger partial charge >= 0.3 is 0 Å². The van der Waals surface area contributed by atoms with Gasteiger partial charge in [0.15, 0.2) is 0 Å². The Morgan fingerprint density at radius 3 is 2.80 bits per heavy atom. The molecule has 1 fully saturated rings. The van der Waals surface area contributed by atoms with Crippen LogP contribution in [-0.2, 0) is 9.53 Å². The standard InChI is InChI=1S/C10H20N2O2.ClH/c1-8(11)3-4-10(13)12(2)9-5-6-14-7-9;/h8-9H,3-7,11H2,1-2H3;1H. The van der Waals surface area contributed by atoms with E-state index >= 15 is 0 Å². The van der Waals surface area contributed by atoms with Crippen LogP contribution < -0.4 is 5.73 Å². The van der Waals surface area contributed by atoms with Crippen LogP contribution in [0.4, 0.5) is 0 Å². The van der Waals surface area contributed by atoms with E-state index in [1.165, 1.54) is 0 Å². The quantitative estimate of drug-likeness (QED) is 0.785. The number of hydrogen-bond acceptors (Lipinski definition) is 3. The minimum absolute atomic E-state index is 0. The molecule has 2 unspecified atom stereocenters. The van der Waals surface area contributed by atoms with Crippen LogP contribution in [0.1, 0.15) is 26.2 Å². The largest absolute Gasteiger partial charge is 0.379 e. The van der Waals surface area contributed by atoms with Crippen LogP contribution in [0.2, 0.25) is 0 Å². The minimum atomic E-state index is 0. The monoisotopic (exact) mass is 236 g/mol. The van der Waals surface area contributed by atoms with E-state index in [2.05, 4.69) is 0 Å². The Morgan fingerprint density at radius 2 is 2.33 bits per heavy atom. The molecular formula is C10H21ClN2O2. The molecule has 0 aromatic heterocycles. The van der Waals surface area contributed by atoms with E-state index in [9.17, 15) is 4.79 Å². The molecular weight excluding hydrogens is 216 g/mol. The number of nitrogens with two attached hydrogens (primary N) is 1. The van der Waals surface area contributed by atoms with E-state index in [1.54, 1.807) is 4.90 Å². The topological polar surface area (TPSA) is 55.6 Å². The van der Waals surface area contributed by atoms with Gasteiger partial charge in [0.2, 0.25) is 5.91 Å². The molecule has 90 valence electrons. The maximum absolute atomic E-state index is 11.6. The number of rotatable bonds is 4. The lowest BCUT2D eigenvalue weighted by Crippen LogP contribution is -2.37. The summed E-state index contributed by atoms with van der Waals surface area (Å²) < 4.78 is 5.24. The van der Waals surface area contributed by atoms with Gasteiger partial charge in [-0.15, -0.1) is 12.4 Å². The molecule has 0 aliphatic carbocycles. The van der Waals surface area contributed by atoms with Crippen molar-refractivity contribution in [2.45, 2.75) is 38.3 Å². The molecule has 0 aromatic carbocycles. The summed E-state index contributed by atoms with van der Waals surface area (Å²) in [5.41, 5.74) is 5.60. The molecule has 0 bridgehead atoms. The van der Waals surface area contributed by atoms with E-state index in [-0.39, 0.29) is 30.4 Å². The van der Waals surface area contributed by atoms with Crippen LogP contribution in [0, 0.1) is 0 Å². The Balaban J connectivity index is 0.00000196. The highest BCUT2D eigenvalue weighted by Gasteiger charge is 2.23. The Bertz CT molecular complexity index is 194. The zero-order valence-corrected chi connectivity index (χ0v) is 10.3. The number of carbonyl (C=O) groups is 1. The third-order valence-electron chi connectivity index (χ3n) is 2.66. The lowest BCUT2D eigenvalue weighted by Gasteiger charge is -2.23. The van der Waals surface area contributed by atoms with Crippen molar-refractivity contribution in [1.82, 2.24) is 4.90 Å². The van der Waals surface area contributed by atoms with Crippen LogP contribution in [0.15, 0.2) is 0 Å². The summed E-state index contributed by atoms with van der Waals surface area (Å²) >= 11 is 0.